The molecule has 1 aromatic heterocycles. The first-order valence-electron chi connectivity index (χ1n) is 6.14. The fraction of sp³-hybridized carbons (Fsp3) is 0.615. The van der Waals surface area contributed by atoms with E-state index in [0.29, 0.717) is 18.8 Å². The predicted molar refractivity (Wildman–Crippen MR) is 71.9 cm³/mol. The first kappa shape index (κ1) is 15.4. The van der Waals surface area contributed by atoms with Gasteiger partial charge in [0.25, 0.3) is 0 Å². The minimum Gasteiger partial charge on any atom is -0.464 e. The third-order valence-corrected chi connectivity index (χ3v) is 2.40. The van der Waals surface area contributed by atoms with Crippen molar-refractivity contribution in [1.82, 2.24) is 9.97 Å². The SMILES string of the molecule is COC(=O)c1cncc(NCC(O)CC(C)(C)C)n1. The van der Waals surface area contributed by atoms with E-state index >= 15 is 0 Å². The molecule has 0 spiro atoms. The topological polar surface area (TPSA) is 84.3 Å². The van der Waals surface area contributed by atoms with Crippen molar-refractivity contribution in [2.75, 3.05) is 19.0 Å². The van der Waals surface area contributed by atoms with Crippen molar-refractivity contribution in [3.8, 4) is 0 Å². The van der Waals surface area contributed by atoms with Crippen LogP contribution < -0.4 is 5.32 Å². The third-order valence-electron chi connectivity index (χ3n) is 2.40. The standard InChI is InChI=1S/C13H21N3O3/c1-13(2,3)5-9(17)6-15-11-8-14-7-10(16-11)12(18)19-4/h7-9,17H,5-6H2,1-4H3,(H,15,16). The van der Waals surface area contributed by atoms with Gasteiger partial charge < -0.3 is 15.2 Å². The molecular weight excluding hydrogens is 246 g/mol. The van der Waals surface area contributed by atoms with Gasteiger partial charge in [-0.15, -0.1) is 0 Å². The second-order valence-electron chi connectivity index (χ2n) is 5.58. The van der Waals surface area contributed by atoms with Crippen LogP contribution in [0.5, 0.6) is 0 Å². The fourth-order valence-electron chi connectivity index (χ4n) is 1.66. The van der Waals surface area contributed by atoms with Gasteiger partial charge in [0.1, 0.15) is 5.82 Å². The van der Waals surface area contributed by atoms with E-state index in [9.17, 15) is 9.90 Å². The van der Waals surface area contributed by atoms with Crippen molar-refractivity contribution in [2.45, 2.75) is 33.3 Å². The number of aliphatic hydroxyl groups is 1. The Labute approximate surface area is 113 Å². The third kappa shape index (κ3) is 5.65. The summed E-state index contributed by atoms with van der Waals surface area (Å²) in [4.78, 5) is 19.2. The molecule has 0 aromatic carbocycles. The zero-order valence-electron chi connectivity index (χ0n) is 11.8. The molecule has 19 heavy (non-hydrogen) atoms. The van der Waals surface area contributed by atoms with E-state index < -0.39 is 12.1 Å². The summed E-state index contributed by atoms with van der Waals surface area (Å²) in [5.41, 5.74) is 0.193. The quantitative estimate of drug-likeness (QED) is 0.786. The summed E-state index contributed by atoms with van der Waals surface area (Å²) in [7, 11) is 1.29. The minimum absolute atomic E-state index is 0.0562. The summed E-state index contributed by atoms with van der Waals surface area (Å²) >= 11 is 0. The average molecular weight is 267 g/mol. The van der Waals surface area contributed by atoms with E-state index in [2.05, 4.69) is 40.8 Å². The first-order chi connectivity index (χ1) is 8.81. The number of hydrogen-bond acceptors (Lipinski definition) is 6. The predicted octanol–water partition coefficient (Wildman–Crippen LogP) is 1.47. The van der Waals surface area contributed by atoms with Crippen LogP contribution in [0.25, 0.3) is 0 Å². The molecule has 6 heteroatoms. The molecule has 2 N–H and O–H groups in total. The van der Waals surface area contributed by atoms with Crippen LogP contribution in [-0.4, -0.2) is 40.8 Å². The lowest BCUT2D eigenvalue weighted by Crippen LogP contribution is -2.25. The molecule has 0 saturated carbocycles. The van der Waals surface area contributed by atoms with Crippen molar-refractivity contribution in [1.29, 1.82) is 0 Å². The largest absolute Gasteiger partial charge is 0.464 e. The van der Waals surface area contributed by atoms with Gasteiger partial charge in [0.05, 0.1) is 25.6 Å². The lowest BCUT2D eigenvalue weighted by Gasteiger charge is -2.22. The molecule has 1 unspecified atom stereocenters. The van der Waals surface area contributed by atoms with Crippen LogP contribution in [0.1, 0.15) is 37.7 Å². The Hall–Kier alpha value is -1.69. The van der Waals surface area contributed by atoms with Crippen molar-refractivity contribution < 1.29 is 14.6 Å². The zero-order valence-corrected chi connectivity index (χ0v) is 11.8. The summed E-state index contributed by atoms with van der Waals surface area (Å²) in [5, 5.41) is 12.8. The number of ether oxygens (including phenoxy) is 1. The van der Waals surface area contributed by atoms with E-state index in [1.165, 1.54) is 19.5 Å². The van der Waals surface area contributed by atoms with Crippen LogP contribution in [0, 0.1) is 5.41 Å². The summed E-state index contributed by atoms with van der Waals surface area (Å²) in [5.74, 6) is -0.0951. The molecule has 1 heterocycles. The Morgan fingerprint density at radius 3 is 2.74 bits per heavy atom. The van der Waals surface area contributed by atoms with Crippen molar-refractivity contribution in [3.63, 3.8) is 0 Å². The van der Waals surface area contributed by atoms with Crippen molar-refractivity contribution in [2.24, 2.45) is 5.41 Å². The number of aliphatic hydroxyl groups excluding tert-OH is 1. The molecule has 106 valence electrons. The fourth-order valence-corrected chi connectivity index (χ4v) is 1.66. The van der Waals surface area contributed by atoms with Gasteiger partial charge in [-0.2, -0.15) is 0 Å². The number of esters is 1. The lowest BCUT2D eigenvalue weighted by molar-refractivity contribution is 0.0593. The van der Waals surface area contributed by atoms with Crippen LogP contribution in [0.15, 0.2) is 12.4 Å². The van der Waals surface area contributed by atoms with E-state index in [0.717, 1.165) is 0 Å². The Kier molecular flexibility index (Phi) is 5.23. The molecule has 0 radical (unpaired) electrons. The van der Waals surface area contributed by atoms with Gasteiger partial charge >= 0.3 is 5.97 Å². The highest BCUT2D eigenvalue weighted by Gasteiger charge is 2.16. The molecule has 0 amide bonds. The Morgan fingerprint density at radius 1 is 1.47 bits per heavy atom. The van der Waals surface area contributed by atoms with Gasteiger partial charge in [-0.1, -0.05) is 20.8 Å². The molecule has 0 bridgehead atoms. The first-order valence-corrected chi connectivity index (χ1v) is 6.14. The van der Waals surface area contributed by atoms with Crippen LogP contribution in [-0.2, 0) is 4.74 Å². The summed E-state index contributed by atoms with van der Waals surface area (Å²) in [6, 6.07) is 0. The summed E-state index contributed by atoms with van der Waals surface area (Å²) in [6.07, 6.45) is 3.02. The maximum atomic E-state index is 11.3. The van der Waals surface area contributed by atoms with E-state index in [4.69, 9.17) is 0 Å². The van der Waals surface area contributed by atoms with Gasteiger partial charge in [0.2, 0.25) is 0 Å². The number of carbonyl (C=O) groups is 1. The molecule has 1 aromatic rings. The smallest absolute Gasteiger partial charge is 0.358 e. The van der Waals surface area contributed by atoms with Gasteiger partial charge in [-0.25, -0.2) is 9.78 Å². The summed E-state index contributed by atoms with van der Waals surface area (Å²) < 4.78 is 4.56. The molecule has 0 fully saturated rings. The van der Waals surface area contributed by atoms with Crippen LogP contribution >= 0.6 is 0 Å². The molecule has 6 nitrogen and oxygen atoms in total. The molecule has 0 saturated heterocycles. The lowest BCUT2D eigenvalue weighted by atomic mass is 9.89. The van der Waals surface area contributed by atoms with Gasteiger partial charge in [-0.05, 0) is 11.8 Å². The van der Waals surface area contributed by atoms with Crippen LogP contribution in [0.4, 0.5) is 5.82 Å². The average Bonchev–Trinajstić information content (AvgIpc) is 2.34. The van der Waals surface area contributed by atoms with E-state index in [1.54, 1.807) is 0 Å². The van der Waals surface area contributed by atoms with Crippen molar-refractivity contribution in [3.05, 3.63) is 18.1 Å². The van der Waals surface area contributed by atoms with Crippen LogP contribution in [0.3, 0.4) is 0 Å². The molecule has 1 rings (SSSR count). The highest BCUT2D eigenvalue weighted by molar-refractivity contribution is 5.87. The molecule has 0 aliphatic heterocycles. The maximum absolute atomic E-state index is 11.3. The van der Waals surface area contributed by atoms with E-state index in [-0.39, 0.29) is 11.1 Å². The molecule has 1 atom stereocenters. The Bertz CT molecular complexity index is 429. The number of methoxy groups -OCH3 is 1. The normalized spacial score (nSPS) is 12.9. The highest BCUT2D eigenvalue weighted by Crippen LogP contribution is 2.20. The Balaban J connectivity index is 2.56. The second-order valence-corrected chi connectivity index (χ2v) is 5.58. The van der Waals surface area contributed by atoms with Gasteiger partial charge in [-0.3, -0.25) is 4.98 Å². The molecule has 0 aliphatic carbocycles. The van der Waals surface area contributed by atoms with E-state index in [1.807, 2.05) is 0 Å². The summed E-state index contributed by atoms with van der Waals surface area (Å²) in [6.45, 7) is 6.55. The van der Waals surface area contributed by atoms with Crippen LogP contribution in [0.2, 0.25) is 0 Å². The Morgan fingerprint density at radius 2 is 2.16 bits per heavy atom. The number of rotatable bonds is 5. The second kappa shape index (κ2) is 6.47. The van der Waals surface area contributed by atoms with Gasteiger partial charge in [0, 0.05) is 6.54 Å². The monoisotopic (exact) mass is 267 g/mol. The zero-order chi connectivity index (χ0) is 14.5. The molecule has 0 aliphatic rings. The van der Waals surface area contributed by atoms with Gasteiger partial charge in [0.15, 0.2) is 5.69 Å². The number of hydrogen-bond donors (Lipinski definition) is 2. The molecular formula is C13H21N3O3. The maximum Gasteiger partial charge on any atom is 0.358 e. The minimum atomic E-state index is -0.536. The number of nitrogens with one attached hydrogen (secondary N) is 1. The highest BCUT2D eigenvalue weighted by atomic mass is 16.5. The number of nitrogens with zero attached hydrogens (tertiary/aromatic N) is 2. The number of carbonyl (C=O) groups excluding carboxylic acids is 1. The van der Waals surface area contributed by atoms with Crippen molar-refractivity contribution >= 4 is 11.8 Å². The number of aromatic nitrogens is 2. The number of anilines is 1.